The van der Waals surface area contributed by atoms with E-state index in [1.807, 2.05) is 0 Å². The minimum absolute atomic E-state index is 0.191. The van der Waals surface area contributed by atoms with Crippen molar-refractivity contribution in [3.05, 3.63) is 18.3 Å². The van der Waals surface area contributed by atoms with Gasteiger partial charge in [-0.25, -0.2) is 4.98 Å². The molecule has 0 aliphatic heterocycles. The fourth-order valence-corrected chi connectivity index (χ4v) is 2.43. The molecule has 0 fully saturated rings. The fraction of sp³-hybridized carbons (Fsp3) is 0.167. The van der Waals surface area contributed by atoms with Crippen LogP contribution in [0.5, 0.6) is 5.88 Å². The zero-order valence-electron chi connectivity index (χ0n) is 7.23. The lowest BCUT2D eigenvalue weighted by Crippen LogP contribution is -2.28. The lowest BCUT2D eigenvalue weighted by Gasteiger charge is -2.09. The van der Waals surface area contributed by atoms with Gasteiger partial charge in [0.1, 0.15) is 0 Å². The molecule has 1 aromatic rings. The number of pyridine rings is 1. The van der Waals surface area contributed by atoms with Gasteiger partial charge < -0.3 is 4.18 Å². The maximum atomic E-state index is 12.0. The van der Waals surface area contributed by atoms with Crippen molar-refractivity contribution in [2.24, 2.45) is 0 Å². The predicted octanol–water partition coefficient (Wildman–Crippen LogP) is 2.75. The molecule has 1 aromatic heterocycles. The number of nitrogens with zero attached hydrogens (tertiary/aromatic N) is 1. The van der Waals surface area contributed by atoms with Crippen molar-refractivity contribution in [1.29, 1.82) is 0 Å². The second kappa shape index (κ2) is 4.96. The van der Waals surface area contributed by atoms with E-state index in [0.29, 0.717) is 0 Å². The molecule has 0 saturated heterocycles. The van der Waals surface area contributed by atoms with Crippen LogP contribution in [0.25, 0.3) is 0 Å². The van der Waals surface area contributed by atoms with E-state index in [1.165, 1.54) is 12.1 Å². The molecule has 0 aromatic carbocycles. The van der Waals surface area contributed by atoms with Crippen LogP contribution in [0.3, 0.4) is 0 Å². The largest absolute Gasteiger partial charge is 0.534 e. The number of halogens is 4. The summed E-state index contributed by atoms with van der Waals surface area (Å²) in [6.07, 6.45) is 1.14. The first kappa shape index (κ1) is 13.8. The minimum atomic E-state index is -5.66. The van der Waals surface area contributed by atoms with Gasteiger partial charge in [0.25, 0.3) is 0 Å². The Morgan fingerprint density at radius 3 is 2.56 bits per heavy atom. The van der Waals surface area contributed by atoms with Crippen LogP contribution in [0.15, 0.2) is 23.2 Å². The molecule has 0 bridgehead atoms. The standard InChI is InChI=1S/C6H3F3INO3S2/c7-6(8,9)16(12,13)14-5-4(15-10)2-1-3-11-5/h1-3H. The van der Waals surface area contributed by atoms with E-state index in [9.17, 15) is 21.6 Å². The van der Waals surface area contributed by atoms with Gasteiger partial charge in [-0.05, 0) is 21.1 Å². The smallest absolute Gasteiger partial charge is 0.354 e. The molecule has 0 unspecified atom stereocenters. The number of hydrogen-bond donors (Lipinski definition) is 0. The van der Waals surface area contributed by atoms with Gasteiger partial charge in [0.2, 0.25) is 5.88 Å². The van der Waals surface area contributed by atoms with E-state index in [2.05, 4.69) is 9.17 Å². The zero-order chi connectivity index (χ0) is 12.4. The summed E-state index contributed by atoms with van der Waals surface area (Å²) in [6, 6.07) is 2.85. The quantitative estimate of drug-likeness (QED) is 0.455. The lowest BCUT2D eigenvalue weighted by atomic mass is 10.5. The maximum absolute atomic E-state index is 12.0. The average molecular weight is 385 g/mol. The van der Waals surface area contributed by atoms with Gasteiger partial charge in [-0.2, -0.15) is 21.6 Å². The van der Waals surface area contributed by atoms with Crippen LogP contribution >= 0.6 is 30.1 Å². The van der Waals surface area contributed by atoms with Crippen molar-refractivity contribution in [2.75, 3.05) is 0 Å². The molecule has 0 N–H and O–H groups in total. The van der Waals surface area contributed by atoms with Crippen LogP contribution in [-0.2, 0) is 10.1 Å². The second-order valence-electron chi connectivity index (χ2n) is 2.37. The first-order valence-corrected chi connectivity index (χ1v) is 8.29. The highest BCUT2D eigenvalue weighted by molar-refractivity contribution is 14.2. The topological polar surface area (TPSA) is 56.3 Å². The molecule has 0 atom stereocenters. The van der Waals surface area contributed by atoms with Crippen molar-refractivity contribution in [3.8, 4) is 5.88 Å². The van der Waals surface area contributed by atoms with Gasteiger partial charge in [-0.3, -0.25) is 0 Å². The molecule has 0 spiro atoms. The van der Waals surface area contributed by atoms with Crippen molar-refractivity contribution < 1.29 is 25.8 Å². The van der Waals surface area contributed by atoms with Gasteiger partial charge in [-0.15, -0.1) is 0 Å². The van der Waals surface area contributed by atoms with Gasteiger partial charge in [0, 0.05) is 27.4 Å². The Kier molecular flexibility index (Phi) is 4.29. The number of aromatic nitrogens is 1. The summed E-state index contributed by atoms with van der Waals surface area (Å²) in [4.78, 5) is 3.61. The highest BCUT2D eigenvalue weighted by Crippen LogP contribution is 2.34. The van der Waals surface area contributed by atoms with E-state index in [-0.39, 0.29) is 4.90 Å². The van der Waals surface area contributed by atoms with Crippen molar-refractivity contribution in [2.45, 2.75) is 10.4 Å². The van der Waals surface area contributed by atoms with Crippen molar-refractivity contribution in [3.63, 3.8) is 0 Å². The monoisotopic (exact) mass is 385 g/mol. The molecular weight excluding hydrogens is 382 g/mol. The molecule has 1 rings (SSSR count). The number of hydrogen-bond acceptors (Lipinski definition) is 5. The van der Waals surface area contributed by atoms with Crippen molar-refractivity contribution >= 4 is 40.3 Å². The summed E-state index contributed by atoms with van der Waals surface area (Å²) in [7, 11) is -4.67. The van der Waals surface area contributed by atoms with E-state index >= 15 is 0 Å². The van der Waals surface area contributed by atoms with Gasteiger partial charge in [0.15, 0.2) is 0 Å². The Morgan fingerprint density at radius 2 is 2.06 bits per heavy atom. The summed E-state index contributed by atoms with van der Waals surface area (Å²) < 4.78 is 61.3. The number of alkyl halides is 3. The molecule has 16 heavy (non-hydrogen) atoms. The Labute approximate surface area is 105 Å². The predicted molar refractivity (Wildman–Crippen MR) is 59.7 cm³/mol. The fourth-order valence-electron chi connectivity index (χ4n) is 0.649. The van der Waals surface area contributed by atoms with E-state index in [0.717, 1.165) is 15.1 Å². The minimum Gasteiger partial charge on any atom is -0.354 e. The molecule has 4 nitrogen and oxygen atoms in total. The highest BCUT2D eigenvalue weighted by Gasteiger charge is 2.49. The Bertz CT molecular complexity index is 476. The average Bonchev–Trinajstić information content (AvgIpc) is 2.16. The van der Waals surface area contributed by atoms with Crippen LogP contribution in [0, 0.1) is 0 Å². The summed E-state index contributed by atoms with van der Waals surface area (Å²) in [5, 5.41) is 0. The third-order valence-corrected chi connectivity index (χ3v) is 4.14. The Balaban J connectivity index is 3.06. The first-order valence-electron chi connectivity index (χ1n) is 3.52. The molecule has 90 valence electrons. The van der Waals surface area contributed by atoms with E-state index in [1.54, 1.807) is 21.2 Å². The summed E-state index contributed by atoms with van der Waals surface area (Å²) >= 11 is 1.77. The number of rotatable bonds is 3. The van der Waals surface area contributed by atoms with Crippen LogP contribution in [-0.4, -0.2) is 18.9 Å². The van der Waals surface area contributed by atoms with E-state index in [4.69, 9.17) is 0 Å². The molecular formula is C6H3F3INO3S2. The third-order valence-electron chi connectivity index (χ3n) is 1.29. The Morgan fingerprint density at radius 1 is 1.44 bits per heavy atom. The first-order chi connectivity index (χ1) is 7.28. The Hall–Kier alpha value is -0.230. The lowest BCUT2D eigenvalue weighted by molar-refractivity contribution is -0.0502. The van der Waals surface area contributed by atoms with E-state index < -0.39 is 21.5 Å². The zero-order valence-corrected chi connectivity index (χ0v) is 11.0. The molecule has 10 heteroatoms. The van der Waals surface area contributed by atoms with Crippen LogP contribution in [0.1, 0.15) is 0 Å². The summed E-state index contributed by atoms with van der Waals surface area (Å²) in [5.74, 6) is -0.584. The third kappa shape index (κ3) is 3.13. The SMILES string of the molecule is O=S(=O)(Oc1ncccc1SI)C(F)(F)F. The molecule has 0 radical (unpaired) electrons. The normalized spacial score (nSPS) is 12.5. The second-order valence-corrected chi connectivity index (χ2v) is 5.82. The van der Waals surface area contributed by atoms with Gasteiger partial charge in [0.05, 0.1) is 4.90 Å². The summed E-state index contributed by atoms with van der Waals surface area (Å²) in [6.45, 7) is 0. The molecule has 0 saturated carbocycles. The molecule has 1 heterocycles. The molecule has 0 aliphatic rings. The van der Waals surface area contributed by atoms with Crippen LogP contribution in [0.2, 0.25) is 0 Å². The summed E-state index contributed by atoms with van der Waals surface area (Å²) in [5.41, 5.74) is -5.46. The highest BCUT2D eigenvalue weighted by atomic mass is 127. The maximum Gasteiger partial charge on any atom is 0.534 e. The van der Waals surface area contributed by atoms with Crippen LogP contribution < -0.4 is 4.18 Å². The van der Waals surface area contributed by atoms with Gasteiger partial charge in [-0.1, -0.05) is 0 Å². The van der Waals surface area contributed by atoms with Crippen LogP contribution in [0.4, 0.5) is 13.2 Å². The molecule has 0 amide bonds. The molecule has 0 aliphatic carbocycles. The van der Waals surface area contributed by atoms with Gasteiger partial charge >= 0.3 is 15.6 Å². The van der Waals surface area contributed by atoms with Crippen molar-refractivity contribution in [1.82, 2.24) is 4.98 Å².